The highest BCUT2D eigenvalue weighted by atomic mass is 16.5. The van der Waals surface area contributed by atoms with Crippen molar-refractivity contribution in [1.29, 1.82) is 0 Å². The molecule has 0 saturated carbocycles. The van der Waals surface area contributed by atoms with Crippen LogP contribution in [0, 0.1) is 19.8 Å². The Hall–Kier alpha value is -3.67. The van der Waals surface area contributed by atoms with Crippen LogP contribution in [0.4, 0.5) is 11.4 Å². The smallest absolute Gasteiger partial charge is 0.311 e. The first-order valence-electron chi connectivity index (χ1n) is 10.2. The zero-order chi connectivity index (χ0) is 22.0. The summed E-state index contributed by atoms with van der Waals surface area (Å²) in [7, 11) is 0. The van der Waals surface area contributed by atoms with E-state index in [4.69, 9.17) is 4.74 Å². The first kappa shape index (κ1) is 20.6. The summed E-state index contributed by atoms with van der Waals surface area (Å²) in [5, 5.41) is 4.76. The van der Waals surface area contributed by atoms with E-state index in [1.54, 1.807) is 11.0 Å². The van der Waals surface area contributed by atoms with Gasteiger partial charge in [-0.25, -0.2) is 0 Å². The van der Waals surface area contributed by atoms with Gasteiger partial charge in [-0.1, -0.05) is 48.5 Å². The zero-order valence-corrected chi connectivity index (χ0v) is 17.6. The van der Waals surface area contributed by atoms with E-state index in [1.165, 1.54) is 0 Å². The molecule has 31 heavy (non-hydrogen) atoms. The van der Waals surface area contributed by atoms with Crippen LogP contribution in [-0.4, -0.2) is 30.9 Å². The summed E-state index contributed by atoms with van der Waals surface area (Å²) < 4.78 is 5.22. The van der Waals surface area contributed by atoms with Gasteiger partial charge in [0.1, 0.15) is 0 Å². The Labute approximate surface area is 180 Å². The molecule has 1 heterocycles. The third-order valence-corrected chi connectivity index (χ3v) is 5.74. The highest BCUT2D eigenvalue weighted by molar-refractivity contribution is 6.06. The number of anilines is 2. The number of benzene rings is 3. The summed E-state index contributed by atoms with van der Waals surface area (Å²) in [5.74, 6) is -1.66. The molecule has 0 unspecified atom stereocenters. The van der Waals surface area contributed by atoms with Crippen molar-refractivity contribution in [3.63, 3.8) is 0 Å². The highest BCUT2D eigenvalue weighted by Gasteiger charge is 2.36. The molecule has 1 saturated heterocycles. The molecule has 1 N–H and O–H groups in total. The second kappa shape index (κ2) is 8.60. The second-order valence-corrected chi connectivity index (χ2v) is 7.81. The fraction of sp³-hybridized carbons (Fsp3) is 0.240. The van der Waals surface area contributed by atoms with Gasteiger partial charge in [-0.2, -0.15) is 0 Å². The Bertz CT molecular complexity index is 1170. The topological polar surface area (TPSA) is 75.7 Å². The van der Waals surface area contributed by atoms with E-state index in [0.29, 0.717) is 5.69 Å². The minimum atomic E-state index is -0.597. The average Bonchev–Trinajstić information content (AvgIpc) is 3.16. The molecule has 0 aliphatic carbocycles. The maximum atomic E-state index is 12.6. The second-order valence-electron chi connectivity index (χ2n) is 7.81. The van der Waals surface area contributed by atoms with Crippen molar-refractivity contribution >= 4 is 39.9 Å². The minimum Gasteiger partial charge on any atom is -0.455 e. The molecule has 0 spiro atoms. The van der Waals surface area contributed by atoms with Crippen LogP contribution in [0.25, 0.3) is 10.8 Å². The number of carbonyl (C=O) groups excluding carboxylic acids is 3. The normalized spacial score (nSPS) is 15.9. The van der Waals surface area contributed by atoms with E-state index in [0.717, 1.165) is 27.6 Å². The summed E-state index contributed by atoms with van der Waals surface area (Å²) in [4.78, 5) is 39.0. The number of carbonyl (C=O) groups is 3. The number of esters is 1. The van der Waals surface area contributed by atoms with Crippen LogP contribution in [-0.2, 0) is 19.1 Å². The molecule has 1 aliphatic heterocycles. The van der Waals surface area contributed by atoms with E-state index in [1.807, 2.05) is 68.4 Å². The number of hydrogen-bond acceptors (Lipinski definition) is 4. The largest absolute Gasteiger partial charge is 0.455 e. The van der Waals surface area contributed by atoms with Crippen LogP contribution in [0.15, 0.2) is 60.7 Å². The number of aryl methyl sites for hydroxylation is 1. The minimum absolute atomic E-state index is 0.0701. The van der Waals surface area contributed by atoms with Crippen LogP contribution >= 0.6 is 0 Å². The van der Waals surface area contributed by atoms with E-state index in [-0.39, 0.29) is 25.5 Å². The molecule has 6 nitrogen and oxygen atoms in total. The Kier molecular flexibility index (Phi) is 5.71. The number of rotatable bonds is 5. The molecule has 3 aromatic carbocycles. The molecular formula is C25H24N2O4. The van der Waals surface area contributed by atoms with Crippen molar-refractivity contribution in [3.8, 4) is 0 Å². The molecule has 1 atom stereocenters. The highest BCUT2D eigenvalue weighted by Crippen LogP contribution is 2.32. The predicted molar refractivity (Wildman–Crippen MR) is 120 cm³/mol. The van der Waals surface area contributed by atoms with Gasteiger partial charge in [0, 0.05) is 24.0 Å². The lowest BCUT2D eigenvalue weighted by Crippen LogP contribution is -2.28. The van der Waals surface area contributed by atoms with Gasteiger partial charge < -0.3 is 15.0 Å². The van der Waals surface area contributed by atoms with Gasteiger partial charge in [0.05, 0.1) is 11.6 Å². The fourth-order valence-electron chi connectivity index (χ4n) is 3.87. The fourth-order valence-corrected chi connectivity index (χ4v) is 3.87. The van der Waals surface area contributed by atoms with Crippen LogP contribution < -0.4 is 10.2 Å². The van der Waals surface area contributed by atoms with Gasteiger partial charge in [-0.15, -0.1) is 0 Å². The molecule has 0 bridgehead atoms. The van der Waals surface area contributed by atoms with Gasteiger partial charge in [-0.3, -0.25) is 14.4 Å². The van der Waals surface area contributed by atoms with E-state index in [2.05, 4.69) is 5.32 Å². The molecule has 0 radical (unpaired) electrons. The first-order valence-corrected chi connectivity index (χ1v) is 10.2. The molecule has 4 rings (SSSR count). The summed E-state index contributed by atoms with van der Waals surface area (Å²) in [6.45, 7) is 3.74. The maximum Gasteiger partial charge on any atom is 0.311 e. The average molecular weight is 416 g/mol. The summed E-state index contributed by atoms with van der Waals surface area (Å²) in [5.41, 5.74) is 3.51. The number of amides is 2. The standard InChI is InChI=1S/C25H24N2O4/c1-16-7-5-11-21(17(16)2)26-23(28)15-31-25(30)19-13-24(29)27(14-19)22-12-6-9-18-8-3-4-10-20(18)22/h3-12,19H,13-15H2,1-2H3,(H,26,28)/t19-/m0/s1. The molecule has 0 aromatic heterocycles. The van der Waals surface area contributed by atoms with Gasteiger partial charge in [-0.05, 0) is 42.5 Å². The lowest BCUT2D eigenvalue weighted by Gasteiger charge is -2.19. The summed E-state index contributed by atoms with van der Waals surface area (Å²) >= 11 is 0. The Morgan fingerprint density at radius 2 is 1.77 bits per heavy atom. The molecule has 6 heteroatoms. The van der Waals surface area contributed by atoms with Crippen LogP contribution in [0.2, 0.25) is 0 Å². The number of fused-ring (bicyclic) bond motifs is 1. The van der Waals surface area contributed by atoms with Gasteiger partial charge in [0.2, 0.25) is 5.91 Å². The number of ether oxygens (including phenoxy) is 1. The van der Waals surface area contributed by atoms with Crippen LogP contribution in [0.1, 0.15) is 17.5 Å². The van der Waals surface area contributed by atoms with Crippen LogP contribution in [0.3, 0.4) is 0 Å². The van der Waals surface area contributed by atoms with Crippen LogP contribution in [0.5, 0.6) is 0 Å². The van der Waals surface area contributed by atoms with Crippen molar-refractivity contribution in [1.82, 2.24) is 0 Å². The lowest BCUT2D eigenvalue weighted by atomic mass is 10.1. The zero-order valence-electron chi connectivity index (χ0n) is 17.6. The van der Waals surface area contributed by atoms with Crippen molar-refractivity contribution < 1.29 is 19.1 Å². The predicted octanol–water partition coefficient (Wildman–Crippen LogP) is 3.99. The molecular weight excluding hydrogens is 392 g/mol. The Morgan fingerprint density at radius 3 is 2.61 bits per heavy atom. The first-order chi connectivity index (χ1) is 14.9. The Balaban J connectivity index is 1.38. The molecule has 2 amide bonds. The van der Waals surface area contributed by atoms with Crippen molar-refractivity contribution in [2.45, 2.75) is 20.3 Å². The third kappa shape index (κ3) is 4.28. The Morgan fingerprint density at radius 1 is 1.03 bits per heavy atom. The van der Waals surface area contributed by atoms with E-state index >= 15 is 0 Å². The molecule has 158 valence electrons. The molecule has 1 fully saturated rings. The number of nitrogens with zero attached hydrogens (tertiary/aromatic N) is 1. The van der Waals surface area contributed by atoms with E-state index in [9.17, 15) is 14.4 Å². The summed E-state index contributed by atoms with van der Waals surface area (Å²) in [6.07, 6.45) is 0.0701. The maximum absolute atomic E-state index is 12.6. The van der Waals surface area contributed by atoms with Crippen molar-refractivity contribution in [2.75, 3.05) is 23.4 Å². The van der Waals surface area contributed by atoms with Crippen molar-refractivity contribution in [2.24, 2.45) is 5.92 Å². The molecule has 1 aliphatic rings. The number of nitrogens with one attached hydrogen (secondary N) is 1. The van der Waals surface area contributed by atoms with E-state index < -0.39 is 17.8 Å². The number of hydrogen-bond donors (Lipinski definition) is 1. The SMILES string of the molecule is Cc1cccc(NC(=O)COC(=O)[C@H]2CC(=O)N(c3cccc4ccccc34)C2)c1C. The quantitative estimate of drug-likeness (QED) is 0.638. The van der Waals surface area contributed by atoms with Crippen molar-refractivity contribution in [3.05, 3.63) is 71.8 Å². The van der Waals surface area contributed by atoms with Gasteiger partial charge in [0.15, 0.2) is 6.61 Å². The molecule has 3 aromatic rings. The van der Waals surface area contributed by atoms with Gasteiger partial charge >= 0.3 is 5.97 Å². The van der Waals surface area contributed by atoms with Gasteiger partial charge in [0.25, 0.3) is 5.91 Å². The third-order valence-electron chi connectivity index (χ3n) is 5.74. The summed E-state index contributed by atoms with van der Waals surface area (Å²) in [6, 6.07) is 19.2. The lowest BCUT2D eigenvalue weighted by molar-refractivity contribution is -0.151. The monoisotopic (exact) mass is 416 g/mol.